The van der Waals surface area contributed by atoms with E-state index in [0.717, 1.165) is 28.1 Å². The molecule has 3 rings (SSSR count). The van der Waals surface area contributed by atoms with Crippen molar-refractivity contribution in [3.05, 3.63) is 58.7 Å². The number of anilines is 1. The Hall–Kier alpha value is -2.07. The monoisotopic (exact) mass is 353 g/mol. The van der Waals surface area contributed by atoms with Gasteiger partial charge in [0.15, 0.2) is 5.78 Å². The Labute approximate surface area is 153 Å². The van der Waals surface area contributed by atoms with Gasteiger partial charge in [-0.25, -0.2) is 0 Å². The third-order valence-corrected chi connectivity index (χ3v) is 5.89. The number of rotatable bonds is 4. The molecule has 1 amide bonds. The van der Waals surface area contributed by atoms with Gasteiger partial charge in [-0.2, -0.15) is 0 Å². The van der Waals surface area contributed by atoms with E-state index in [9.17, 15) is 9.59 Å². The minimum Gasteiger partial charge on any atom is -0.312 e. The lowest BCUT2D eigenvalue weighted by molar-refractivity contribution is -0.116. The molecule has 1 aliphatic rings. The van der Waals surface area contributed by atoms with E-state index in [1.165, 1.54) is 11.1 Å². The van der Waals surface area contributed by atoms with Gasteiger partial charge in [-0.05, 0) is 74.2 Å². The van der Waals surface area contributed by atoms with Crippen molar-refractivity contribution in [2.45, 2.75) is 44.3 Å². The number of fused-ring (bicyclic) bond motifs is 1. The molecule has 25 heavy (non-hydrogen) atoms. The largest absolute Gasteiger partial charge is 0.312 e. The zero-order valence-corrected chi connectivity index (χ0v) is 15.9. The number of ketones is 1. The Morgan fingerprint density at radius 2 is 1.84 bits per heavy atom. The third-order valence-electron chi connectivity index (χ3n) is 4.80. The van der Waals surface area contributed by atoms with Gasteiger partial charge in [0.1, 0.15) is 0 Å². The SMILES string of the molecule is CC(=O)N1CCc2cc(C(=O)[C@@H](C)Sc3ccc(C)c(C)c3)ccc21. The molecule has 0 unspecified atom stereocenters. The molecule has 130 valence electrons. The zero-order valence-electron chi connectivity index (χ0n) is 15.1. The van der Waals surface area contributed by atoms with Crippen LogP contribution in [0.4, 0.5) is 5.69 Å². The highest BCUT2D eigenvalue weighted by Crippen LogP contribution is 2.31. The number of nitrogens with zero attached hydrogens (tertiary/aromatic N) is 1. The summed E-state index contributed by atoms with van der Waals surface area (Å²) in [6.07, 6.45) is 0.814. The molecule has 0 N–H and O–H groups in total. The van der Waals surface area contributed by atoms with Gasteiger partial charge in [-0.15, -0.1) is 11.8 Å². The Kier molecular flexibility index (Phi) is 5.00. The highest BCUT2D eigenvalue weighted by Gasteiger charge is 2.24. The van der Waals surface area contributed by atoms with Gasteiger partial charge in [0, 0.05) is 29.6 Å². The van der Waals surface area contributed by atoms with Crippen LogP contribution in [0.3, 0.4) is 0 Å². The molecule has 1 aliphatic heterocycles. The molecule has 2 aromatic carbocycles. The van der Waals surface area contributed by atoms with Crippen LogP contribution >= 0.6 is 11.8 Å². The number of carbonyl (C=O) groups is 2. The Bertz CT molecular complexity index is 844. The summed E-state index contributed by atoms with van der Waals surface area (Å²) in [4.78, 5) is 27.4. The molecule has 0 fully saturated rings. The lowest BCUT2D eigenvalue weighted by Gasteiger charge is -2.15. The lowest BCUT2D eigenvalue weighted by Crippen LogP contribution is -2.25. The maximum absolute atomic E-state index is 12.8. The van der Waals surface area contributed by atoms with Crippen LogP contribution in [0.25, 0.3) is 0 Å². The van der Waals surface area contributed by atoms with E-state index in [1.54, 1.807) is 23.6 Å². The van der Waals surface area contributed by atoms with Crippen LogP contribution in [-0.4, -0.2) is 23.5 Å². The van der Waals surface area contributed by atoms with Gasteiger partial charge in [0.05, 0.1) is 5.25 Å². The Morgan fingerprint density at radius 1 is 1.08 bits per heavy atom. The van der Waals surface area contributed by atoms with Crippen LogP contribution in [0.5, 0.6) is 0 Å². The number of benzene rings is 2. The van der Waals surface area contributed by atoms with E-state index >= 15 is 0 Å². The number of hydrogen-bond acceptors (Lipinski definition) is 3. The number of thioether (sulfide) groups is 1. The first-order valence-corrected chi connectivity index (χ1v) is 9.44. The van der Waals surface area contributed by atoms with Crippen molar-refractivity contribution in [1.82, 2.24) is 0 Å². The van der Waals surface area contributed by atoms with Crippen LogP contribution in [0.2, 0.25) is 0 Å². The first-order chi connectivity index (χ1) is 11.9. The molecule has 0 bridgehead atoms. The van der Waals surface area contributed by atoms with E-state index in [4.69, 9.17) is 0 Å². The summed E-state index contributed by atoms with van der Waals surface area (Å²) in [5, 5.41) is -0.148. The number of carbonyl (C=O) groups excluding carboxylic acids is 2. The van der Waals surface area contributed by atoms with Gasteiger partial charge in [-0.3, -0.25) is 9.59 Å². The minimum atomic E-state index is -0.148. The molecule has 0 saturated heterocycles. The standard InChI is InChI=1S/C21H23NO2S/c1-13-5-7-19(11-14(13)2)25-15(3)21(24)18-6-8-20-17(12-18)9-10-22(20)16(4)23/h5-8,11-12,15H,9-10H2,1-4H3/t15-/m1/s1. The van der Waals surface area contributed by atoms with Crippen molar-refractivity contribution >= 4 is 29.1 Å². The molecular weight excluding hydrogens is 330 g/mol. The summed E-state index contributed by atoms with van der Waals surface area (Å²) in [5.41, 5.74) is 5.26. The van der Waals surface area contributed by atoms with Crippen LogP contribution < -0.4 is 4.90 Å². The minimum absolute atomic E-state index is 0.0523. The smallest absolute Gasteiger partial charge is 0.223 e. The Balaban J connectivity index is 1.76. The average Bonchev–Trinajstić information content (AvgIpc) is 3.00. The Morgan fingerprint density at radius 3 is 2.52 bits per heavy atom. The van der Waals surface area contributed by atoms with E-state index in [0.29, 0.717) is 6.54 Å². The lowest BCUT2D eigenvalue weighted by atomic mass is 10.0. The molecule has 0 radical (unpaired) electrons. The normalized spacial score (nSPS) is 14.3. The first-order valence-electron chi connectivity index (χ1n) is 8.56. The van der Waals surface area contributed by atoms with Crippen LogP contribution in [-0.2, 0) is 11.2 Å². The van der Waals surface area contributed by atoms with Crippen molar-refractivity contribution in [2.24, 2.45) is 0 Å². The summed E-state index contributed by atoms with van der Waals surface area (Å²) in [5.74, 6) is 0.184. The molecule has 3 nitrogen and oxygen atoms in total. The van der Waals surface area contributed by atoms with Crippen molar-refractivity contribution in [1.29, 1.82) is 0 Å². The number of Topliss-reactive ketones (excluding diaryl/α,β-unsaturated/α-hetero) is 1. The average molecular weight is 353 g/mol. The quantitative estimate of drug-likeness (QED) is 0.596. The zero-order chi connectivity index (χ0) is 18.1. The second-order valence-electron chi connectivity index (χ2n) is 6.63. The summed E-state index contributed by atoms with van der Waals surface area (Å²) in [6, 6.07) is 12.0. The molecule has 1 atom stereocenters. The van der Waals surface area contributed by atoms with Gasteiger partial charge in [0.25, 0.3) is 0 Å². The molecule has 4 heteroatoms. The highest BCUT2D eigenvalue weighted by atomic mass is 32.2. The van der Waals surface area contributed by atoms with E-state index in [2.05, 4.69) is 32.0 Å². The maximum Gasteiger partial charge on any atom is 0.223 e. The summed E-state index contributed by atoms with van der Waals surface area (Å²) in [6.45, 7) is 8.42. The summed E-state index contributed by atoms with van der Waals surface area (Å²) in [7, 11) is 0. The fourth-order valence-electron chi connectivity index (χ4n) is 3.16. The first kappa shape index (κ1) is 17.7. The summed E-state index contributed by atoms with van der Waals surface area (Å²) < 4.78 is 0. The van der Waals surface area contributed by atoms with Crippen molar-refractivity contribution < 1.29 is 9.59 Å². The number of hydrogen-bond donors (Lipinski definition) is 0. The topological polar surface area (TPSA) is 37.4 Å². The molecule has 0 aromatic heterocycles. The van der Waals surface area contributed by atoms with E-state index in [-0.39, 0.29) is 16.9 Å². The van der Waals surface area contributed by atoms with Crippen molar-refractivity contribution in [2.75, 3.05) is 11.4 Å². The second kappa shape index (κ2) is 7.04. The van der Waals surface area contributed by atoms with Gasteiger partial charge < -0.3 is 4.90 Å². The molecule has 0 aliphatic carbocycles. The van der Waals surface area contributed by atoms with Crippen molar-refractivity contribution in [3.8, 4) is 0 Å². The molecule has 0 spiro atoms. The van der Waals surface area contributed by atoms with Crippen LogP contribution in [0, 0.1) is 13.8 Å². The third kappa shape index (κ3) is 3.64. The molecule has 1 heterocycles. The van der Waals surface area contributed by atoms with E-state index < -0.39 is 0 Å². The predicted octanol–water partition coefficient (Wildman–Crippen LogP) is 4.58. The number of amides is 1. The summed E-state index contributed by atoms with van der Waals surface area (Å²) >= 11 is 1.59. The maximum atomic E-state index is 12.8. The van der Waals surface area contributed by atoms with E-state index in [1.807, 2.05) is 25.1 Å². The fraction of sp³-hybridized carbons (Fsp3) is 0.333. The molecular formula is C21H23NO2S. The molecule has 2 aromatic rings. The molecule has 0 saturated carbocycles. The van der Waals surface area contributed by atoms with Gasteiger partial charge >= 0.3 is 0 Å². The second-order valence-corrected chi connectivity index (χ2v) is 8.05. The van der Waals surface area contributed by atoms with Gasteiger partial charge in [0.2, 0.25) is 5.91 Å². The van der Waals surface area contributed by atoms with Gasteiger partial charge in [-0.1, -0.05) is 6.07 Å². The predicted molar refractivity (Wildman–Crippen MR) is 104 cm³/mol. The highest BCUT2D eigenvalue weighted by molar-refractivity contribution is 8.00. The van der Waals surface area contributed by atoms with Crippen LogP contribution in [0.1, 0.15) is 40.9 Å². The number of aryl methyl sites for hydroxylation is 2. The fourth-order valence-corrected chi connectivity index (χ4v) is 4.20. The van der Waals surface area contributed by atoms with Crippen LogP contribution in [0.15, 0.2) is 41.3 Å². The van der Waals surface area contributed by atoms with Crippen molar-refractivity contribution in [3.63, 3.8) is 0 Å².